The lowest BCUT2D eigenvalue weighted by molar-refractivity contribution is -0.280. The van der Waals surface area contributed by atoms with Crippen LogP contribution in [0.4, 0.5) is 0 Å². The van der Waals surface area contributed by atoms with Crippen LogP contribution in [0.15, 0.2) is 12.2 Å². The maximum Gasteiger partial charge on any atom is 0.302 e. The lowest BCUT2D eigenvalue weighted by atomic mass is 9.39. The summed E-state index contributed by atoms with van der Waals surface area (Å²) in [5.74, 6) is -0.379. The molecule has 0 aromatic heterocycles. The summed E-state index contributed by atoms with van der Waals surface area (Å²) in [4.78, 5) is 14.3. The highest BCUT2D eigenvalue weighted by Crippen LogP contribution is 2.88. The van der Waals surface area contributed by atoms with E-state index in [1.165, 1.54) is 6.92 Å². The van der Waals surface area contributed by atoms with E-state index < -0.39 is 29.1 Å². The number of rotatable bonds is 1. The van der Waals surface area contributed by atoms with E-state index in [0.717, 1.165) is 25.0 Å². The molecule has 0 aromatic rings. The van der Waals surface area contributed by atoms with Crippen LogP contribution in [0.1, 0.15) is 39.5 Å². The van der Waals surface area contributed by atoms with Crippen molar-refractivity contribution < 1.29 is 24.9 Å². The number of esters is 1. The van der Waals surface area contributed by atoms with Gasteiger partial charge in [0.05, 0.1) is 12.2 Å². The van der Waals surface area contributed by atoms with Crippen LogP contribution in [-0.4, -0.2) is 68.7 Å². The van der Waals surface area contributed by atoms with Gasteiger partial charge in [0.2, 0.25) is 0 Å². The molecule has 9 bridgehead atoms. The lowest BCUT2D eigenvalue weighted by Gasteiger charge is -2.67. The van der Waals surface area contributed by atoms with E-state index in [1.54, 1.807) is 0 Å². The van der Waals surface area contributed by atoms with Gasteiger partial charge >= 0.3 is 5.97 Å². The number of carbonyl (C=O) groups excluding carboxylic acids is 1. The highest BCUT2D eigenvalue weighted by Gasteiger charge is 2.94. The Morgan fingerprint density at radius 2 is 2.00 bits per heavy atom. The summed E-state index contributed by atoms with van der Waals surface area (Å²) in [5, 5.41) is 35.1. The zero-order valence-corrected chi connectivity index (χ0v) is 16.5. The van der Waals surface area contributed by atoms with Crippen LogP contribution in [-0.2, 0) is 9.53 Å². The van der Waals surface area contributed by atoms with Gasteiger partial charge in [0.25, 0.3) is 0 Å². The molecular formula is C22H29NO5. The van der Waals surface area contributed by atoms with Gasteiger partial charge in [0.1, 0.15) is 11.7 Å². The maximum atomic E-state index is 12.2. The van der Waals surface area contributed by atoms with Crippen molar-refractivity contribution in [1.82, 2.24) is 4.90 Å². The second-order valence-corrected chi connectivity index (χ2v) is 11.5. The summed E-state index contributed by atoms with van der Waals surface area (Å²) < 4.78 is 5.75. The van der Waals surface area contributed by atoms with Gasteiger partial charge in [-0.2, -0.15) is 0 Å². The van der Waals surface area contributed by atoms with Crippen LogP contribution in [0.5, 0.6) is 0 Å². The average molecular weight is 387 g/mol. The summed E-state index contributed by atoms with van der Waals surface area (Å²) in [5.41, 5.74) is -1.07. The molecule has 1 unspecified atom stereocenters. The molecule has 2 spiro atoms. The smallest absolute Gasteiger partial charge is 0.302 e. The summed E-state index contributed by atoms with van der Waals surface area (Å²) >= 11 is 0. The molecule has 13 atom stereocenters. The molecule has 9 rings (SSSR count). The standard InChI is InChI=1S/C22H29NO5/c1-9-4-20-7-12-15-19(3)5-11(28-10(2)24)6-21(15)16(20)14(25)13(9)17(26)22(20,27)18(21)23(12)8-19/h11-18,25-27H,1,4-8H2,2-3H3/t11-,12-,13+,14+,15+,16+,17+,18-,19-,20+,21+,22-/m0/s1. The van der Waals surface area contributed by atoms with E-state index in [1.807, 2.05) is 0 Å². The molecule has 6 heteroatoms. The van der Waals surface area contributed by atoms with Gasteiger partial charge in [-0.25, -0.2) is 0 Å². The van der Waals surface area contributed by atoms with Gasteiger partial charge in [-0.1, -0.05) is 19.1 Å². The van der Waals surface area contributed by atoms with Gasteiger partial charge in [-0.3, -0.25) is 9.69 Å². The minimum absolute atomic E-state index is 0.0237. The summed E-state index contributed by atoms with van der Waals surface area (Å²) in [6.07, 6.45) is 1.27. The van der Waals surface area contributed by atoms with Crippen molar-refractivity contribution in [2.45, 2.75) is 75.5 Å². The molecule has 0 aromatic carbocycles. The molecule has 3 aliphatic heterocycles. The first-order chi connectivity index (χ1) is 13.1. The Hall–Kier alpha value is -0.950. The van der Waals surface area contributed by atoms with Crippen LogP contribution in [0.25, 0.3) is 0 Å². The molecule has 9 aliphatic rings. The number of ether oxygens (including phenoxy) is 1. The highest BCUT2D eigenvalue weighted by atomic mass is 16.5. The average Bonchev–Trinajstić information content (AvgIpc) is 2.97. The van der Waals surface area contributed by atoms with Gasteiger partial charge in [-0.15, -0.1) is 0 Å². The van der Waals surface area contributed by atoms with Gasteiger partial charge in [0, 0.05) is 48.2 Å². The van der Waals surface area contributed by atoms with E-state index in [4.69, 9.17) is 4.74 Å². The zero-order chi connectivity index (χ0) is 19.6. The Kier molecular flexibility index (Phi) is 2.55. The minimum atomic E-state index is -1.20. The molecule has 152 valence electrons. The monoisotopic (exact) mass is 387 g/mol. The van der Waals surface area contributed by atoms with E-state index >= 15 is 0 Å². The van der Waals surface area contributed by atoms with Crippen molar-refractivity contribution in [1.29, 1.82) is 0 Å². The third-order valence-corrected chi connectivity index (χ3v) is 10.6. The fourth-order valence-electron chi connectivity index (χ4n) is 11.0. The third-order valence-electron chi connectivity index (χ3n) is 10.6. The van der Waals surface area contributed by atoms with E-state index in [2.05, 4.69) is 18.4 Å². The zero-order valence-electron chi connectivity index (χ0n) is 16.5. The Bertz CT molecular complexity index is 860. The third kappa shape index (κ3) is 1.26. The van der Waals surface area contributed by atoms with Crippen molar-refractivity contribution in [3.63, 3.8) is 0 Å². The number of carbonyl (C=O) groups is 1. The summed E-state index contributed by atoms with van der Waals surface area (Å²) in [6, 6.07) is 0.245. The molecule has 6 nitrogen and oxygen atoms in total. The molecule has 3 N–H and O–H groups in total. The van der Waals surface area contributed by atoms with E-state index in [-0.39, 0.29) is 34.9 Å². The SMILES string of the molecule is C=C1C[C@@]23C[C@H]4[C@@H]5[C@@]6(C)C[C@H](OC(C)=O)C[C@]57[C@@H]2[C@H](O)[C@@H]1[C@@H](O)[C@]3(O)[C@H]7N4C6. The second-order valence-electron chi connectivity index (χ2n) is 11.5. The van der Waals surface area contributed by atoms with Crippen molar-refractivity contribution in [3.05, 3.63) is 12.2 Å². The van der Waals surface area contributed by atoms with Crippen LogP contribution in [0, 0.1) is 34.0 Å². The minimum Gasteiger partial charge on any atom is -0.463 e. The highest BCUT2D eigenvalue weighted by molar-refractivity contribution is 5.66. The van der Waals surface area contributed by atoms with Gasteiger partial charge in [-0.05, 0) is 37.0 Å². The van der Waals surface area contributed by atoms with E-state index in [9.17, 15) is 20.1 Å². The molecule has 3 heterocycles. The first-order valence-electron chi connectivity index (χ1n) is 10.8. The lowest BCUT2D eigenvalue weighted by Crippen LogP contribution is -2.76. The fourth-order valence-corrected chi connectivity index (χ4v) is 11.0. The number of piperidine rings is 2. The Balaban J connectivity index is 1.49. The van der Waals surface area contributed by atoms with Crippen molar-refractivity contribution in [3.8, 4) is 0 Å². The normalized spacial score (nSPS) is 69.3. The topological polar surface area (TPSA) is 90.2 Å². The molecule has 9 fully saturated rings. The van der Waals surface area contributed by atoms with E-state index in [0.29, 0.717) is 24.8 Å². The predicted molar refractivity (Wildman–Crippen MR) is 97.9 cm³/mol. The largest absolute Gasteiger partial charge is 0.463 e. The molecule has 6 aliphatic carbocycles. The summed E-state index contributed by atoms with van der Waals surface area (Å²) in [7, 11) is 0. The quantitative estimate of drug-likeness (QED) is 0.447. The molecule has 0 radical (unpaired) electrons. The van der Waals surface area contributed by atoms with Gasteiger partial charge < -0.3 is 20.1 Å². The van der Waals surface area contributed by atoms with Crippen molar-refractivity contribution >= 4 is 5.97 Å². The van der Waals surface area contributed by atoms with Crippen LogP contribution in [0.3, 0.4) is 0 Å². The number of hydrogen-bond acceptors (Lipinski definition) is 6. The number of fused-ring (bicyclic) bond motifs is 1. The molecule has 28 heavy (non-hydrogen) atoms. The molecule has 0 amide bonds. The molecular weight excluding hydrogens is 358 g/mol. The number of nitrogens with zero attached hydrogens (tertiary/aromatic N) is 1. The Labute approximate surface area is 164 Å². The summed E-state index contributed by atoms with van der Waals surface area (Å²) in [6.45, 7) is 8.85. The first-order valence-corrected chi connectivity index (χ1v) is 10.8. The number of aliphatic hydroxyl groups is 3. The van der Waals surface area contributed by atoms with Crippen LogP contribution < -0.4 is 0 Å². The Morgan fingerprint density at radius 1 is 1.25 bits per heavy atom. The van der Waals surface area contributed by atoms with Crippen LogP contribution >= 0.6 is 0 Å². The Morgan fingerprint density at radius 3 is 2.71 bits per heavy atom. The first kappa shape index (κ1) is 16.8. The van der Waals surface area contributed by atoms with Crippen molar-refractivity contribution in [2.24, 2.45) is 34.0 Å². The van der Waals surface area contributed by atoms with Gasteiger partial charge in [0.15, 0.2) is 0 Å². The molecule has 3 saturated heterocycles. The molecule has 6 saturated carbocycles. The van der Waals surface area contributed by atoms with Crippen LogP contribution in [0.2, 0.25) is 0 Å². The maximum absolute atomic E-state index is 12.2. The second kappa shape index (κ2) is 4.25. The number of aliphatic hydroxyl groups excluding tert-OH is 2. The number of hydrogen-bond donors (Lipinski definition) is 3. The van der Waals surface area contributed by atoms with Crippen molar-refractivity contribution in [2.75, 3.05) is 6.54 Å². The fraction of sp³-hybridized carbons (Fsp3) is 0.864. The predicted octanol–water partition coefficient (Wildman–Crippen LogP) is 0.450.